The molecule has 1 amide bonds. The normalized spacial score (nSPS) is 11.1. The third-order valence-corrected chi connectivity index (χ3v) is 5.06. The first kappa shape index (κ1) is 17.0. The summed E-state index contributed by atoms with van der Waals surface area (Å²) in [5.41, 5.74) is 3.31. The smallest absolute Gasteiger partial charge is 0.261 e. The molecule has 2 aromatic carbocycles. The fourth-order valence-corrected chi connectivity index (χ4v) is 3.55. The van der Waals surface area contributed by atoms with Crippen LogP contribution in [0.1, 0.15) is 27.0 Å². The maximum absolute atomic E-state index is 12.6. The highest BCUT2D eigenvalue weighted by molar-refractivity contribution is 7.92. The number of benzene rings is 2. The van der Waals surface area contributed by atoms with Gasteiger partial charge in [-0.05, 0) is 49.6 Å². The number of anilines is 1. The summed E-state index contributed by atoms with van der Waals surface area (Å²) in [4.78, 5) is 11.9. The van der Waals surface area contributed by atoms with Crippen molar-refractivity contribution < 1.29 is 13.2 Å². The average Bonchev–Trinajstić information content (AvgIpc) is 2.50. The van der Waals surface area contributed by atoms with Crippen molar-refractivity contribution in [2.45, 2.75) is 25.7 Å². The Morgan fingerprint density at radius 3 is 2.13 bits per heavy atom. The van der Waals surface area contributed by atoms with E-state index in [2.05, 4.69) is 10.0 Å². The first-order chi connectivity index (χ1) is 10.8. The molecule has 2 rings (SSSR count). The van der Waals surface area contributed by atoms with Gasteiger partial charge in [-0.3, -0.25) is 9.52 Å². The van der Waals surface area contributed by atoms with Gasteiger partial charge in [-0.2, -0.15) is 0 Å². The number of carbonyl (C=O) groups is 1. The first-order valence-electron chi connectivity index (χ1n) is 7.18. The molecule has 0 unspecified atom stereocenters. The quantitative estimate of drug-likeness (QED) is 0.904. The summed E-state index contributed by atoms with van der Waals surface area (Å²) in [6.07, 6.45) is 0. The molecule has 0 spiro atoms. The zero-order chi connectivity index (χ0) is 17.2. The lowest BCUT2D eigenvalue weighted by molar-refractivity contribution is 0.0962. The number of nitrogens with one attached hydrogen (secondary N) is 2. The molecule has 0 heterocycles. The Morgan fingerprint density at radius 1 is 0.957 bits per heavy atom. The predicted octanol–water partition coefficient (Wildman–Crippen LogP) is 2.77. The minimum absolute atomic E-state index is 0.0596. The van der Waals surface area contributed by atoms with Crippen molar-refractivity contribution in [3.8, 4) is 0 Å². The fourth-order valence-electron chi connectivity index (χ4n) is 2.32. The zero-order valence-electron chi connectivity index (χ0n) is 13.6. The lowest BCUT2D eigenvalue weighted by Gasteiger charge is -2.14. The van der Waals surface area contributed by atoms with Gasteiger partial charge in [0.15, 0.2) is 0 Å². The third kappa shape index (κ3) is 3.53. The van der Waals surface area contributed by atoms with Crippen LogP contribution in [-0.4, -0.2) is 21.4 Å². The van der Waals surface area contributed by atoms with Crippen LogP contribution in [0.15, 0.2) is 41.3 Å². The summed E-state index contributed by atoms with van der Waals surface area (Å²) in [5.74, 6) is -0.313. The average molecular weight is 332 g/mol. The fraction of sp³-hybridized carbons (Fsp3) is 0.235. The molecule has 23 heavy (non-hydrogen) atoms. The van der Waals surface area contributed by atoms with E-state index in [-0.39, 0.29) is 10.8 Å². The molecule has 0 bridgehead atoms. The number of aryl methyl sites for hydroxylation is 3. The number of sulfonamides is 1. The van der Waals surface area contributed by atoms with Gasteiger partial charge in [-0.1, -0.05) is 24.3 Å². The number of amides is 1. The van der Waals surface area contributed by atoms with E-state index in [9.17, 15) is 13.2 Å². The highest BCUT2D eigenvalue weighted by Crippen LogP contribution is 2.24. The second kappa shape index (κ2) is 6.42. The Hall–Kier alpha value is -2.34. The van der Waals surface area contributed by atoms with Crippen molar-refractivity contribution in [2.24, 2.45) is 0 Å². The molecule has 0 aromatic heterocycles. The topological polar surface area (TPSA) is 75.3 Å². The molecular weight excluding hydrogens is 312 g/mol. The summed E-state index contributed by atoms with van der Waals surface area (Å²) in [5, 5.41) is 2.51. The maximum atomic E-state index is 12.6. The van der Waals surface area contributed by atoms with Crippen LogP contribution in [0.25, 0.3) is 0 Å². The number of hydrogen-bond acceptors (Lipinski definition) is 3. The second-order valence-corrected chi connectivity index (χ2v) is 7.11. The Bertz CT molecular complexity index is 838. The lowest BCUT2D eigenvalue weighted by Crippen LogP contribution is -2.20. The maximum Gasteiger partial charge on any atom is 0.261 e. The molecule has 2 N–H and O–H groups in total. The van der Waals surface area contributed by atoms with Crippen molar-refractivity contribution in [1.82, 2.24) is 5.32 Å². The van der Waals surface area contributed by atoms with Crippen molar-refractivity contribution in [2.75, 3.05) is 11.8 Å². The molecule has 0 aliphatic carbocycles. The SMILES string of the molecule is CNC(=O)c1cc(S(=O)(=O)Nc2c(C)cccc2C)ccc1C. The standard InChI is InChI=1S/C17H20N2O3S/c1-11-8-9-14(10-15(11)17(20)18-4)23(21,22)19-16-12(2)6-5-7-13(16)3/h5-10,19H,1-4H3,(H,18,20). The van der Waals surface area contributed by atoms with E-state index in [1.807, 2.05) is 32.0 Å². The van der Waals surface area contributed by atoms with E-state index in [1.165, 1.54) is 19.2 Å². The third-order valence-electron chi connectivity index (χ3n) is 3.71. The predicted molar refractivity (Wildman–Crippen MR) is 91.3 cm³/mol. The summed E-state index contributed by atoms with van der Waals surface area (Å²) in [6.45, 7) is 5.45. The van der Waals surface area contributed by atoms with Crippen molar-refractivity contribution in [3.05, 3.63) is 58.7 Å². The van der Waals surface area contributed by atoms with E-state index < -0.39 is 10.0 Å². The molecule has 2 aromatic rings. The molecule has 0 aliphatic heterocycles. The van der Waals surface area contributed by atoms with Gasteiger partial charge < -0.3 is 5.32 Å². The largest absolute Gasteiger partial charge is 0.355 e. The zero-order valence-corrected chi connectivity index (χ0v) is 14.4. The number of rotatable bonds is 4. The summed E-state index contributed by atoms with van der Waals surface area (Å²) < 4.78 is 27.9. The molecule has 0 fully saturated rings. The Kier molecular flexibility index (Phi) is 4.75. The molecule has 0 radical (unpaired) electrons. The van der Waals surface area contributed by atoms with Gasteiger partial charge in [-0.15, -0.1) is 0 Å². The van der Waals surface area contributed by atoms with E-state index in [1.54, 1.807) is 13.0 Å². The number of para-hydroxylation sites is 1. The Labute approximate surface area is 136 Å². The summed E-state index contributed by atoms with van der Waals surface area (Å²) in [6, 6.07) is 10.1. The molecule has 5 nitrogen and oxygen atoms in total. The number of hydrogen-bond donors (Lipinski definition) is 2. The van der Waals surface area contributed by atoms with E-state index >= 15 is 0 Å². The molecule has 6 heteroatoms. The van der Waals surface area contributed by atoms with Crippen LogP contribution in [0.3, 0.4) is 0 Å². The van der Waals surface area contributed by atoms with Crippen LogP contribution in [0.4, 0.5) is 5.69 Å². The van der Waals surface area contributed by atoms with Gasteiger partial charge in [-0.25, -0.2) is 8.42 Å². The van der Waals surface area contributed by atoms with E-state index in [0.717, 1.165) is 16.7 Å². The highest BCUT2D eigenvalue weighted by atomic mass is 32.2. The van der Waals surface area contributed by atoms with Crippen LogP contribution in [0, 0.1) is 20.8 Å². The van der Waals surface area contributed by atoms with E-state index in [0.29, 0.717) is 11.3 Å². The molecule has 122 valence electrons. The van der Waals surface area contributed by atoms with Crippen molar-refractivity contribution >= 4 is 21.6 Å². The molecular formula is C17H20N2O3S. The van der Waals surface area contributed by atoms with Crippen LogP contribution < -0.4 is 10.0 Å². The van der Waals surface area contributed by atoms with Crippen molar-refractivity contribution in [1.29, 1.82) is 0 Å². The molecule has 0 atom stereocenters. The highest BCUT2D eigenvalue weighted by Gasteiger charge is 2.19. The Morgan fingerprint density at radius 2 is 1.57 bits per heavy atom. The monoisotopic (exact) mass is 332 g/mol. The van der Waals surface area contributed by atoms with Crippen LogP contribution >= 0.6 is 0 Å². The minimum Gasteiger partial charge on any atom is -0.355 e. The molecule has 0 saturated heterocycles. The van der Waals surface area contributed by atoms with Gasteiger partial charge in [0.2, 0.25) is 0 Å². The van der Waals surface area contributed by atoms with Gasteiger partial charge >= 0.3 is 0 Å². The summed E-state index contributed by atoms with van der Waals surface area (Å²) in [7, 11) is -2.26. The first-order valence-corrected chi connectivity index (χ1v) is 8.66. The molecule has 0 aliphatic rings. The lowest BCUT2D eigenvalue weighted by atomic mass is 10.1. The molecule has 0 saturated carbocycles. The second-order valence-electron chi connectivity index (χ2n) is 5.43. The van der Waals surface area contributed by atoms with E-state index in [4.69, 9.17) is 0 Å². The Balaban J connectivity index is 2.46. The van der Waals surface area contributed by atoms with Crippen LogP contribution in [-0.2, 0) is 10.0 Å². The van der Waals surface area contributed by atoms with Crippen molar-refractivity contribution in [3.63, 3.8) is 0 Å². The van der Waals surface area contributed by atoms with Gasteiger partial charge in [0.25, 0.3) is 15.9 Å². The van der Waals surface area contributed by atoms with Gasteiger partial charge in [0, 0.05) is 12.6 Å². The van der Waals surface area contributed by atoms with Gasteiger partial charge in [0.1, 0.15) is 0 Å². The van der Waals surface area contributed by atoms with Crippen LogP contribution in [0.5, 0.6) is 0 Å². The summed E-state index contributed by atoms with van der Waals surface area (Å²) >= 11 is 0. The number of carbonyl (C=O) groups excluding carboxylic acids is 1. The van der Waals surface area contributed by atoms with Gasteiger partial charge in [0.05, 0.1) is 10.6 Å². The minimum atomic E-state index is -3.77. The van der Waals surface area contributed by atoms with Crippen LogP contribution in [0.2, 0.25) is 0 Å².